The van der Waals surface area contributed by atoms with E-state index in [1.54, 1.807) is 12.1 Å². The zero-order valence-electron chi connectivity index (χ0n) is 37.9. The maximum absolute atomic E-state index is 13.2. The second-order valence-electron chi connectivity index (χ2n) is 20.2. The van der Waals surface area contributed by atoms with Crippen LogP contribution in [0.1, 0.15) is 114 Å². The second-order valence-corrected chi connectivity index (χ2v) is 20.2. The van der Waals surface area contributed by atoms with Crippen molar-refractivity contribution in [1.29, 1.82) is 0 Å². The van der Waals surface area contributed by atoms with Gasteiger partial charge < -0.3 is 37.9 Å². The third-order valence-corrected chi connectivity index (χ3v) is 16.2. The summed E-state index contributed by atoms with van der Waals surface area (Å²) in [6.07, 6.45) is 9.30. The molecule has 0 N–H and O–H groups in total. The van der Waals surface area contributed by atoms with Crippen LogP contribution in [-0.4, -0.2) is 80.1 Å². The SMILES string of the molecule is Cc1cc(C(=O)/C=C/c2ccc(OCCO[C@H]3O[C@@H]4O[C@@]5(C)CC[C@H]6[C@H](C)CC[C@@H]([C@H]3C)[C@@]46OO5)cc2)ccc1OCCO[C@H]1O[C@@H]2O[C@@]3(C)CC[C@H]4[C@H](C)CC[C@@H]([C@H]1C)[C@@]24OO3. The molecular weight excluding hydrogens is 809 g/mol. The summed E-state index contributed by atoms with van der Waals surface area (Å²) in [5.74, 6) is 1.93. The van der Waals surface area contributed by atoms with Crippen molar-refractivity contribution < 1.29 is 62.2 Å². The molecule has 2 aromatic carbocycles. The van der Waals surface area contributed by atoms with Crippen molar-refractivity contribution in [2.24, 2.45) is 47.3 Å². The van der Waals surface area contributed by atoms with Crippen molar-refractivity contribution in [2.75, 3.05) is 26.4 Å². The summed E-state index contributed by atoms with van der Waals surface area (Å²) in [6.45, 7) is 16.2. The summed E-state index contributed by atoms with van der Waals surface area (Å²) < 4.78 is 50.8. The van der Waals surface area contributed by atoms with Crippen LogP contribution in [-0.2, 0) is 48.0 Å². The zero-order chi connectivity index (χ0) is 43.7. The predicted octanol–water partition coefficient (Wildman–Crippen LogP) is 9.10. The van der Waals surface area contributed by atoms with Gasteiger partial charge in [-0.05, 0) is 131 Å². The summed E-state index contributed by atoms with van der Waals surface area (Å²) in [5, 5.41) is 0. The summed E-state index contributed by atoms with van der Waals surface area (Å²) in [5.41, 5.74) is 1.12. The second kappa shape index (κ2) is 17.0. The first-order valence-electron chi connectivity index (χ1n) is 23.6. The number of carbonyl (C=O) groups excluding carboxylic acids is 1. The van der Waals surface area contributed by atoms with Gasteiger partial charge >= 0.3 is 0 Å². The topological polar surface area (TPSA) is 128 Å². The Labute approximate surface area is 371 Å². The van der Waals surface area contributed by atoms with Crippen molar-refractivity contribution in [3.05, 3.63) is 65.2 Å². The quantitative estimate of drug-likeness (QED) is 0.0823. The average molecular weight is 875 g/mol. The Morgan fingerprint density at radius 2 is 1.19 bits per heavy atom. The van der Waals surface area contributed by atoms with Gasteiger partial charge in [0.1, 0.15) is 24.7 Å². The highest BCUT2D eigenvalue weighted by Crippen LogP contribution is 2.62. The Bertz CT molecular complexity index is 2010. The number of rotatable bonds is 13. The smallest absolute Gasteiger partial charge is 0.201 e. The van der Waals surface area contributed by atoms with Gasteiger partial charge in [-0.1, -0.05) is 45.9 Å². The molecule has 0 aromatic heterocycles. The molecule has 10 fully saturated rings. The molecule has 8 saturated heterocycles. The number of ketones is 1. The molecule has 63 heavy (non-hydrogen) atoms. The average Bonchev–Trinajstić information content (AvgIpc) is 3.65. The molecule has 16 atom stereocenters. The number of hydrogen-bond acceptors (Lipinski definition) is 13. The molecule has 2 saturated carbocycles. The van der Waals surface area contributed by atoms with Gasteiger partial charge in [0.05, 0.1) is 13.2 Å². The van der Waals surface area contributed by atoms with E-state index in [1.807, 2.05) is 63.2 Å². The number of benzene rings is 2. The van der Waals surface area contributed by atoms with Gasteiger partial charge in [-0.3, -0.25) is 4.79 Å². The van der Waals surface area contributed by atoms with Gasteiger partial charge in [-0.25, -0.2) is 19.6 Å². The number of hydrogen-bond donors (Lipinski definition) is 0. The Morgan fingerprint density at radius 1 is 0.651 bits per heavy atom. The fourth-order valence-corrected chi connectivity index (χ4v) is 12.7. The molecular formula is C50H66O13. The van der Waals surface area contributed by atoms with E-state index < -0.39 is 47.9 Å². The molecule has 0 amide bonds. The third kappa shape index (κ3) is 7.79. The van der Waals surface area contributed by atoms with Crippen LogP contribution in [0.25, 0.3) is 6.08 Å². The first-order chi connectivity index (χ1) is 30.3. The van der Waals surface area contributed by atoms with Crippen LogP contribution in [0, 0.1) is 54.3 Å². The number of aryl methyl sites for hydroxylation is 1. The molecule has 10 aliphatic rings. The lowest BCUT2D eigenvalue weighted by molar-refractivity contribution is -0.577. The number of ether oxygens (including phenoxy) is 8. The summed E-state index contributed by atoms with van der Waals surface area (Å²) in [4.78, 5) is 37.6. The van der Waals surface area contributed by atoms with Gasteiger partial charge in [0.25, 0.3) is 0 Å². The molecule has 2 spiro atoms. The van der Waals surface area contributed by atoms with E-state index in [9.17, 15) is 4.79 Å². The number of carbonyl (C=O) groups is 1. The van der Waals surface area contributed by atoms with Gasteiger partial charge in [-0.15, -0.1) is 0 Å². The Balaban J connectivity index is 0.670. The maximum atomic E-state index is 13.2. The standard InChI is InChI=1S/C50H66O13/c1-29-8-16-39-32(4)43(56-45-49(39)37(29)20-22-47(6,58-45)60-62-49)54-26-24-52-36-14-10-34(11-15-36)12-18-41(51)35-13-19-42(31(3)28-35)53-25-27-55-44-33(5)40-17-9-30(2)38-21-23-48(7)59-46(57-44)50(38,40)63-61-48/h10-15,18-19,28-30,32-33,37-40,43-46H,8-9,16-17,20-27H2,1-7H3/b18-12+/t29-,30-,32-,33-,37+,38+,39+,40+,43+,44+,45-,46-,47-,48-,49-,50-/m1/s1. The summed E-state index contributed by atoms with van der Waals surface area (Å²) in [6, 6.07) is 13.1. The number of allylic oxidation sites excluding steroid dienone is 1. The van der Waals surface area contributed by atoms with Crippen LogP contribution in [0.3, 0.4) is 0 Å². The molecule has 13 heteroatoms. The van der Waals surface area contributed by atoms with E-state index >= 15 is 0 Å². The fourth-order valence-electron chi connectivity index (χ4n) is 12.7. The van der Waals surface area contributed by atoms with Gasteiger partial charge in [0.15, 0.2) is 42.1 Å². The van der Waals surface area contributed by atoms with Crippen molar-refractivity contribution >= 4 is 11.9 Å². The lowest BCUT2D eigenvalue weighted by Gasteiger charge is -2.60. The van der Waals surface area contributed by atoms with Gasteiger partial charge in [0, 0.05) is 42.1 Å². The van der Waals surface area contributed by atoms with Crippen LogP contribution < -0.4 is 9.47 Å². The summed E-state index contributed by atoms with van der Waals surface area (Å²) in [7, 11) is 0. The lowest BCUT2D eigenvalue weighted by Crippen LogP contribution is -2.70. The molecule has 13 nitrogen and oxygen atoms in total. The van der Waals surface area contributed by atoms with Gasteiger partial charge in [0.2, 0.25) is 11.6 Å². The highest BCUT2D eigenvalue weighted by Gasteiger charge is 2.71. The highest BCUT2D eigenvalue weighted by atomic mass is 17.3. The zero-order valence-corrected chi connectivity index (χ0v) is 37.9. The van der Waals surface area contributed by atoms with Crippen LogP contribution in [0.4, 0.5) is 0 Å². The lowest BCUT2D eigenvalue weighted by atomic mass is 9.58. The van der Waals surface area contributed by atoms with Crippen LogP contribution in [0.15, 0.2) is 48.5 Å². The minimum atomic E-state index is -0.822. The molecule has 0 unspecified atom stereocenters. The predicted molar refractivity (Wildman–Crippen MR) is 228 cm³/mol. The van der Waals surface area contributed by atoms with E-state index in [2.05, 4.69) is 27.7 Å². The van der Waals surface area contributed by atoms with Crippen molar-refractivity contribution in [3.63, 3.8) is 0 Å². The molecule has 344 valence electrons. The number of fused-ring (bicyclic) bond motifs is 4. The van der Waals surface area contributed by atoms with Gasteiger partial charge in [-0.2, -0.15) is 0 Å². The minimum absolute atomic E-state index is 0.0934. The highest BCUT2D eigenvalue weighted by molar-refractivity contribution is 6.07. The molecule has 2 aliphatic carbocycles. The molecule has 2 aromatic rings. The molecule has 12 rings (SSSR count). The van der Waals surface area contributed by atoms with Crippen molar-refractivity contribution in [2.45, 2.75) is 148 Å². The maximum Gasteiger partial charge on any atom is 0.201 e. The first-order valence-corrected chi connectivity index (χ1v) is 23.6. The van der Waals surface area contributed by atoms with E-state index in [4.69, 9.17) is 57.4 Å². The molecule has 4 bridgehead atoms. The first kappa shape index (κ1) is 43.9. The Kier molecular flexibility index (Phi) is 11.9. The molecule has 8 heterocycles. The van der Waals surface area contributed by atoms with Crippen molar-refractivity contribution in [3.8, 4) is 11.5 Å². The van der Waals surface area contributed by atoms with Crippen LogP contribution in [0.5, 0.6) is 11.5 Å². The Hall–Kier alpha value is -2.95. The van der Waals surface area contributed by atoms with E-state index in [-0.39, 0.29) is 29.5 Å². The molecule has 8 aliphatic heterocycles. The largest absolute Gasteiger partial charge is 0.491 e. The summed E-state index contributed by atoms with van der Waals surface area (Å²) >= 11 is 0. The van der Waals surface area contributed by atoms with Crippen molar-refractivity contribution in [1.82, 2.24) is 0 Å². The van der Waals surface area contributed by atoms with Crippen LogP contribution >= 0.6 is 0 Å². The molecule has 0 radical (unpaired) electrons. The minimum Gasteiger partial charge on any atom is -0.491 e. The fraction of sp³-hybridized carbons (Fsp3) is 0.700. The van der Waals surface area contributed by atoms with E-state index in [0.717, 1.165) is 62.5 Å². The normalized spacial score (nSPS) is 43.7. The third-order valence-electron chi connectivity index (χ3n) is 16.2. The van der Waals surface area contributed by atoms with E-state index in [1.165, 1.54) is 0 Å². The van der Waals surface area contributed by atoms with Crippen LogP contribution in [0.2, 0.25) is 0 Å². The monoisotopic (exact) mass is 874 g/mol. The van der Waals surface area contributed by atoms with E-state index in [0.29, 0.717) is 67.2 Å². The Morgan fingerprint density at radius 3 is 1.73 bits per heavy atom.